The molecule has 0 radical (unpaired) electrons. The fourth-order valence-corrected chi connectivity index (χ4v) is 19.6. The summed E-state index contributed by atoms with van der Waals surface area (Å²) in [5.41, 5.74) is 12.0. The molecule has 4 N–H and O–H groups in total. The zero-order valence-electron chi connectivity index (χ0n) is 44.1. The van der Waals surface area contributed by atoms with Crippen LogP contribution in [0, 0.1) is 0 Å². The standard InChI is InChI=1S/C73H51N2OP3.2H2O/c76-79(61-29-15-5-16-30-61,62-31-17-6-18-32-62)63-41-44-73-69(50-63)68-49-60(78(57-25-11-3-12-26-57)58-27-13-4-14-28-58)40-43-72(68)75(73)54-38-36-52-45-51-35-37-53(46-65(51)66(52)47-54)74-70-34-20-19-33-64(70)67-48-59(39-42-71(67)74)77(55-21-7-1-8-22-55)56-23-9-2-10-24-56;;/h1-44,46-50H,45H2;2*1H2. The molecule has 0 atom stereocenters. The lowest BCUT2D eigenvalue weighted by Crippen LogP contribution is -2.24. The fourth-order valence-electron chi connectivity index (χ4n) is 12.3. The third-order valence-electron chi connectivity index (χ3n) is 15.9. The average molecular weight is 1100 g/mol. The molecule has 8 heteroatoms. The molecular formula is C73H55N2O3P3. The zero-order valence-corrected chi connectivity index (χ0v) is 46.8. The smallest absolute Gasteiger partial charge is 0.171 e. The van der Waals surface area contributed by atoms with Crippen LogP contribution in [0.5, 0.6) is 0 Å². The number of aromatic nitrogens is 2. The number of nitrogens with zero attached hydrogens (tertiary/aromatic N) is 2. The lowest BCUT2D eigenvalue weighted by Gasteiger charge is -2.20. The molecule has 0 saturated carbocycles. The number of hydrogen-bond donors (Lipinski definition) is 0. The molecule has 0 amide bonds. The summed E-state index contributed by atoms with van der Waals surface area (Å²) < 4.78 is 21.0. The lowest BCUT2D eigenvalue weighted by atomic mass is 10.0. The third-order valence-corrected chi connectivity index (χ3v) is 23.8. The predicted molar refractivity (Wildman–Crippen MR) is 347 cm³/mol. The molecule has 0 fully saturated rings. The van der Waals surface area contributed by atoms with Gasteiger partial charge >= 0.3 is 0 Å². The molecule has 12 aromatic carbocycles. The van der Waals surface area contributed by atoms with Crippen molar-refractivity contribution in [2.75, 3.05) is 0 Å². The molecule has 390 valence electrons. The Morgan fingerprint density at radius 2 is 0.630 bits per heavy atom. The molecule has 2 heterocycles. The van der Waals surface area contributed by atoms with E-state index in [1.165, 1.54) is 75.9 Å². The second-order valence-electron chi connectivity index (χ2n) is 20.4. The minimum Gasteiger partial charge on any atom is -0.412 e. The molecular weight excluding hydrogens is 1050 g/mol. The normalized spacial score (nSPS) is 12.0. The van der Waals surface area contributed by atoms with Crippen LogP contribution in [0.1, 0.15) is 11.1 Å². The van der Waals surface area contributed by atoms with E-state index >= 15 is 4.57 Å². The summed E-state index contributed by atoms with van der Waals surface area (Å²) in [6, 6.07) is 108. The molecule has 15 rings (SSSR count). The molecule has 81 heavy (non-hydrogen) atoms. The van der Waals surface area contributed by atoms with Gasteiger partial charge in [0, 0.05) is 48.8 Å². The van der Waals surface area contributed by atoms with Crippen molar-refractivity contribution in [3.63, 3.8) is 0 Å². The Bertz CT molecular complexity index is 4540. The first-order chi connectivity index (χ1) is 39.1. The molecule has 0 spiro atoms. The van der Waals surface area contributed by atoms with Gasteiger partial charge in [-0.3, -0.25) is 0 Å². The van der Waals surface area contributed by atoms with Gasteiger partial charge < -0.3 is 24.7 Å². The maximum Gasteiger partial charge on any atom is 0.171 e. The van der Waals surface area contributed by atoms with E-state index in [1.54, 1.807) is 0 Å². The molecule has 1 aliphatic carbocycles. The van der Waals surface area contributed by atoms with E-state index in [4.69, 9.17) is 0 Å². The summed E-state index contributed by atoms with van der Waals surface area (Å²) in [5, 5.41) is 15.1. The Morgan fingerprint density at radius 1 is 0.284 bits per heavy atom. The van der Waals surface area contributed by atoms with Gasteiger partial charge in [0.1, 0.15) is 0 Å². The highest BCUT2D eigenvalue weighted by Gasteiger charge is 2.31. The van der Waals surface area contributed by atoms with Gasteiger partial charge in [0.25, 0.3) is 0 Å². The van der Waals surface area contributed by atoms with Crippen molar-refractivity contribution in [1.82, 2.24) is 9.13 Å². The predicted octanol–water partition coefficient (Wildman–Crippen LogP) is 13.0. The van der Waals surface area contributed by atoms with E-state index in [1.807, 2.05) is 60.7 Å². The number of benzene rings is 12. The maximum absolute atomic E-state index is 16.1. The number of rotatable bonds is 11. The number of para-hydroxylation sites is 1. The molecule has 0 aliphatic heterocycles. The van der Waals surface area contributed by atoms with Crippen LogP contribution in [0.25, 0.3) is 66.1 Å². The Morgan fingerprint density at radius 3 is 1.06 bits per heavy atom. The largest absolute Gasteiger partial charge is 0.412 e. The van der Waals surface area contributed by atoms with Crippen LogP contribution < -0.4 is 47.7 Å². The van der Waals surface area contributed by atoms with Crippen molar-refractivity contribution in [3.8, 4) is 22.5 Å². The fraction of sp³-hybridized carbons (Fsp3) is 0.0137. The summed E-state index contributed by atoms with van der Waals surface area (Å²) in [7, 11) is -4.95. The number of fused-ring (bicyclic) bond motifs is 9. The van der Waals surface area contributed by atoms with Gasteiger partial charge in [0.15, 0.2) is 7.14 Å². The van der Waals surface area contributed by atoms with E-state index in [9.17, 15) is 0 Å². The van der Waals surface area contributed by atoms with Gasteiger partial charge in [-0.05, 0) is 149 Å². The monoisotopic (exact) mass is 1100 g/mol. The Kier molecular flexibility index (Phi) is 13.6. The summed E-state index contributed by atoms with van der Waals surface area (Å²) >= 11 is 0. The molecule has 0 bridgehead atoms. The summed E-state index contributed by atoms with van der Waals surface area (Å²) in [4.78, 5) is 0. The van der Waals surface area contributed by atoms with Gasteiger partial charge in [-0.1, -0.05) is 224 Å². The van der Waals surface area contributed by atoms with Crippen molar-refractivity contribution < 1.29 is 15.5 Å². The highest BCUT2D eigenvalue weighted by molar-refractivity contribution is 7.85. The van der Waals surface area contributed by atoms with Crippen LogP contribution in [-0.4, -0.2) is 20.1 Å². The first-order valence-electron chi connectivity index (χ1n) is 27.0. The Labute approximate surface area is 473 Å². The van der Waals surface area contributed by atoms with Crippen molar-refractivity contribution in [2.24, 2.45) is 0 Å². The molecule has 1 aliphatic rings. The summed E-state index contributed by atoms with van der Waals surface area (Å²) in [6.45, 7) is 0. The second-order valence-corrected chi connectivity index (χ2v) is 27.7. The van der Waals surface area contributed by atoms with Gasteiger partial charge in [0.2, 0.25) is 0 Å². The van der Waals surface area contributed by atoms with Gasteiger partial charge in [-0.15, -0.1) is 0 Å². The third kappa shape index (κ3) is 8.78. The van der Waals surface area contributed by atoms with Crippen LogP contribution in [-0.2, 0) is 11.0 Å². The van der Waals surface area contributed by atoms with Crippen LogP contribution in [0.3, 0.4) is 0 Å². The lowest BCUT2D eigenvalue weighted by molar-refractivity contribution is 0.592. The number of hydrogen-bond acceptors (Lipinski definition) is 1. The van der Waals surface area contributed by atoms with Crippen LogP contribution >= 0.6 is 23.0 Å². The first kappa shape index (κ1) is 51.7. The molecule has 0 unspecified atom stereocenters. The van der Waals surface area contributed by atoms with Gasteiger partial charge in [-0.25, -0.2) is 0 Å². The SMILES string of the molecule is O.O.O=P(c1ccccc1)(c1ccccc1)c1ccc2c(c1)c1cc(P(c3ccccc3)c3ccccc3)ccc1n2-c1ccc2c(c1)-c1cc(-n3c4ccccc4c4cc(P(c5ccccc5)c5ccccc5)ccc43)ccc1C2. The van der Waals surface area contributed by atoms with E-state index in [-0.39, 0.29) is 11.0 Å². The minimum atomic E-state index is -3.29. The maximum atomic E-state index is 16.1. The van der Waals surface area contributed by atoms with E-state index in [0.717, 1.165) is 55.5 Å². The highest BCUT2D eigenvalue weighted by atomic mass is 31.2. The van der Waals surface area contributed by atoms with Crippen molar-refractivity contribution >= 4 is 114 Å². The second kappa shape index (κ2) is 21.4. The Balaban J connectivity index is 0.00000309. The summed E-state index contributed by atoms with van der Waals surface area (Å²) in [6.07, 6.45) is 0.876. The average Bonchev–Trinajstić information content (AvgIpc) is 4.31. The summed E-state index contributed by atoms with van der Waals surface area (Å²) in [5.74, 6) is 0. The molecule has 14 aromatic rings. The van der Waals surface area contributed by atoms with E-state index in [2.05, 4.69) is 246 Å². The van der Waals surface area contributed by atoms with E-state index in [0.29, 0.717) is 0 Å². The topological polar surface area (TPSA) is 89.9 Å². The van der Waals surface area contributed by atoms with Crippen LogP contribution in [0.4, 0.5) is 0 Å². The van der Waals surface area contributed by atoms with E-state index < -0.39 is 23.0 Å². The van der Waals surface area contributed by atoms with Crippen molar-refractivity contribution in [1.29, 1.82) is 0 Å². The quantitative estimate of drug-likeness (QED) is 0.119. The van der Waals surface area contributed by atoms with Crippen LogP contribution in [0.15, 0.2) is 297 Å². The van der Waals surface area contributed by atoms with Crippen molar-refractivity contribution in [3.05, 3.63) is 308 Å². The van der Waals surface area contributed by atoms with Crippen LogP contribution in [0.2, 0.25) is 0 Å². The van der Waals surface area contributed by atoms with Gasteiger partial charge in [-0.2, -0.15) is 0 Å². The van der Waals surface area contributed by atoms with Crippen molar-refractivity contribution in [2.45, 2.75) is 6.42 Å². The Hall–Kier alpha value is -8.75. The molecule has 2 aromatic heterocycles. The van der Waals surface area contributed by atoms with Gasteiger partial charge in [0.05, 0.1) is 22.1 Å². The zero-order chi connectivity index (χ0) is 52.4. The molecule has 5 nitrogen and oxygen atoms in total. The minimum absolute atomic E-state index is 0. The molecule has 0 saturated heterocycles. The highest BCUT2D eigenvalue weighted by Crippen LogP contribution is 2.47. The first-order valence-corrected chi connectivity index (χ1v) is 31.4.